The molecule has 7 heteroatoms. The molecular weight excluding hydrogens is 379 g/mol. The second-order valence-electron chi connectivity index (χ2n) is 6.29. The highest BCUT2D eigenvalue weighted by atomic mass is 32.1. The summed E-state index contributed by atoms with van der Waals surface area (Å²) in [6.07, 6.45) is 3.14. The van der Waals surface area contributed by atoms with Gasteiger partial charge in [0.2, 0.25) is 0 Å². The molecule has 0 bridgehead atoms. The first-order valence-corrected chi connectivity index (χ1v) is 9.41. The van der Waals surface area contributed by atoms with Crippen LogP contribution in [0, 0.1) is 5.82 Å². The maximum atomic E-state index is 13.2. The summed E-state index contributed by atoms with van der Waals surface area (Å²) < 4.78 is 13.2. The molecule has 1 amide bonds. The minimum atomic E-state index is -0.764. The molecule has 0 aliphatic carbocycles. The van der Waals surface area contributed by atoms with E-state index in [4.69, 9.17) is 0 Å². The molecule has 1 aromatic carbocycles. The van der Waals surface area contributed by atoms with Crippen LogP contribution in [0.5, 0.6) is 0 Å². The zero-order chi connectivity index (χ0) is 19.7. The minimum Gasteiger partial charge on any atom is -0.507 e. The Hall–Kier alpha value is -3.32. The van der Waals surface area contributed by atoms with E-state index in [1.165, 1.54) is 40.5 Å². The number of likely N-dealkylation sites (tertiary alicyclic amines) is 1. The van der Waals surface area contributed by atoms with Crippen LogP contribution in [0.4, 0.5) is 4.39 Å². The van der Waals surface area contributed by atoms with Gasteiger partial charge in [-0.2, -0.15) is 0 Å². The quantitative estimate of drug-likeness (QED) is 0.414. The van der Waals surface area contributed by atoms with Gasteiger partial charge in [0.1, 0.15) is 11.6 Å². The standard InChI is InChI=1S/C21H15FN2O3S/c22-15-5-3-14(4-6-15)19(25)17-18(13-7-9-23-10-8-13)24(21(27)20(17)26)12-16-2-1-11-28-16/h1-11,18,25H,12H2/b19-17-. The summed E-state index contributed by atoms with van der Waals surface area (Å²) in [6, 6.07) is 11.5. The van der Waals surface area contributed by atoms with E-state index in [2.05, 4.69) is 4.98 Å². The Morgan fingerprint density at radius 2 is 1.82 bits per heavy atom. The highest BCUT2D eigenvalue weighted by molar-refractivity contribution is 7.09. The number of carbonyl (C=O) groups is 2. The number of pyridine rings is 1. The van der Waals surface area contributed by atoms with Gasteiger partial charge < -0.3 is 10.0 Å². The molecule has 3 heterocycles. The van der Waals surface area contributed by atoms with Crippen LogP contribution in [0.1, 0.15) is 22.0 Å². The molecule has 5 nitrogen and oxygen atoms in total. The number of carbonyl (C=O) groups excluding carboxylic acids is 2. The number of aliphatic hydroxyl groups excluding tert-OH is 1. The molecule has 0 spiro atoms. The third-order valence-corrected chi connectivity index (χ3v) is 5.45. The van der Waals surface area contributed by atoms with Crippen LogP contribution in [0.2, 0.25) is 0 Å². The van der Waals surface area contributed by atoms with Crippen molar-refractivity contribution < 1.29 is 19.1 Å². The zero-order valence-electron chi connectivity index (χ0n) is 14.6. The van der Waals surface area contributed by atoms with E-state index in [9.17, 15) is 19.1 Å². The van der Waals surface area contributed by atoms with Gasteiger partial charge >= 0.3 is 0 Å². The van der Waals surface area contributed by atoms with Gasteiger partial charge in [0.05, 0.1) is 18.2 Å². The lowest BCUT2D eigenvalue weighted by Crippen LogP contribution is -2.28. The first-order chi connectivity index (χ1) is 13.6. The minimum absolute atomic E-state index is 0.0145. The lowest BCUT2D eigenvalue weighted by atomic mass is 9.96. The SMILES string of the molecule is O=C1C(=O)N(Cc2cccs2)C(c2ccncc2)/C1=C(/O)c1ccc(F)cc1. The van der Waals surface area contributed by atoms with Gasteiger partial charge in [-0.25, -0.2) is 4.39 Å². The Morgan fingerprint density at radius 1 is 1.11 bits per heavy atom. The van der Waals surface area contributed by atoms with Crippen molar-refractivity contribution >= 4 is 28.8 Å². The van der Waals surface area contributed by atoms with Gasteiger partial charge in [-0.05, 0) is 53.4 Å². The summed E-state index contributed by atoms with van der Waals surface area (Å²) in [6.45, 7) is 0.245. The number of aromatic nitrogens is 1. The first-order valence-electron chi connectivity index (χ1n) is 8.53. The largest absolute Gasteiger partial charge is 0.507 e. The smallest absolute Gasteiger partial charge is 0.295 e. The fourth-order valence-electron chi connectivity index (χ4n) is 3.27. The van der Waals surface area contributed by atoms with E-state index in [1.807, 2.05) is 17.5 Å². The first kappa shape index (κ1) is 18.1. The van der Waals surface area contributed by atoms with Gasteiger partial charge in [0.15, 0.2) is 0 Å². The summed E-state index contributed by atoms with van der Waals surface area (Å²) in [7, 11) is 0. The number of hydrogen-bond donors (Lipinski definition) is 1. The number of thiophene rings is 1. The van der Waals surface area contributed by atoms with Gasteiger partial charge in [0.25, 0.3) is 11.7 Å². The van der Waals surface area contributed by atoms with E-state index in [-0.39, 0.29) is 23.4 Å². The van der Waals surface area contributed by atoms with Crippen molar-refractivity contribution in [3.05, 3.63) is 93.7 Å². The van der Waals surface area contributed by atoms with Crippen LogP contribution in [0.3, 0.4) is 0 Å². The maximum absolute atomic E-state index is 13.2. The summed E-state index contributed by atoms with van der Waals surface area (Å²) in [4.78, 5) is 31.9. The van der Waals surface area contributed by atoms with Crippen LogP contribution in [0.25, 0.3) is 5.76 Å². The second kappa shape index (κ2) is 7.36. The monoisotopic (exact) mass is 394 g/mol. The van der Waals surface area contributed by atoms with E-state index in [0.717, 1.165) is 4.88 Å². The fraction of sp³-hybridized carbons (Fsp3) is 0.0952. The number of ketones is 1. The van der Waals surface area contributed by atoms with Gasteiger partial charge in [-0.1, -0.05) is 6.07 Å². The van der Waals surface area contributed by atoms with Crippen molar-refractivity contribution in [2.24, 2.45) is 0 Å². The molecule has 0 saturated carbocycles. The Morgan fingerprint density at radius 3 is 2.46 bits per heavy atom. The van der Waals surface area contributed by atoms with E-state index in [0.29, 0.717) is 5.56 Å². The molecule has 1 atom stereocenters. The number of aliphatic hydroxyl groups is 1. The van der Waals surface area contributed by atoms with Crippen LogP contribution in [-0.2, 0) is 16.1 Å². The van der Waals surface area contributed by atoms with Crippen molar-refractivity contribution in [1.82, 2.24) is 9.88 Å². The Bertz CT molecular complexity index is 1050. The second-order valence-corrected chi connectivity index (χ2v) is 7.33. The summed E-state index contributed by atoms with van der Waals surface area (Å²) in [5.41, 5.74) is 0.920. The summed E-state index contributed by atoms with van der Waals surface area (Å²) in [5.74, 6) is -2.23. The highest BCUT2D eigenvalue weighted by Gasteiger charge is 2.46. The Balaban J connectivity index is 1.85. The van der Waals surface area contributed by atoms with Crippen LogP contribution < -0.4 is 0 Å². The van der Waals surface area contributed by atoms with Crippen LogP contribution in [0.15, 0.2) is 71.9 Å². The third kappa shape index (κ3) is 3.20. The van der Waals surface area contributed by atoms with Crippen molar-refractivity contribution in [3.8, 4) is 0 Å². The molecule has 1 aliphatic heterocycles. The lowest BCUT2D eigenvalue weighted by Gasteiger charge is -2.24. The number of nitrogens with zero attached hydrogens (tertiary/aromatic N) is 2. The molecule has 3 aromatic rings. The molecule has 1 saturated heterocycles. The Kier molecular flexibility index (Phi) is 4.75. The maximum Gasteiger partial charge on any atom is 0.295 e. The average molecular weight is 394 g/mol. The summed E-state index contributed by atoms with van der Waals surface area (Å²) >= 11 is 1.48. The lowest BCUT2D eigenvalue weighted by molar-refractivity contribution is -0.140. The van der Waals surface area contributed by atoms with Gasteiger partial charge in [0, 0.05) is 22.8 Å². The fourth-order valence-corrected chi connectivity index (χ4v) is 3.97. The molecule has 1 N–H and O–H groups in total. The molecule has 1 aliphatic rings. The van der Waals surface area contributed by atoms with E-state index in [1.54, 1.807) is 24.5 Å². The molecule has 140 valence electrons. The number of halogens is 1. The topological polar surface area (TPSA) is 70.5 Å². The predicted molar refractivity (Wildman–Crippen MR) is 103 cm³/mol. The molecule has 4 rings (SSSR count). The number of Topliss-reactive ketones (excluding diaryl/α,β-unsaturated/α-hetero) is 1. The normalized spacial score (nSPS) is 18.6. The molecule has 2 aromatic heterocycles. The highest BCUT2D eigenvalue weighted by Crippen LogP contribution is 2.40. The van der Waals surface area contributed by atoms with E-state index < -0.39 is 23.5 Å². The number of rotatable bonds is 4. The van der Waals surface area contributed by atoms with Crippen molar-refractivity contribution in [1.29, 1.82) is 0 Å². The number of amides is 1. The molecule has 0 radical (unpaired) electrons. The van der Waals surface area contributed by atoms with Crippen molar-refractivity contribution in [2.45, 2.75) is 12.6 Å². The van der Waals surface area contributed by atoms with Gasteiger partial charge in [-0.15, -0.1) is 11.3 Å². The number of benzene rings is 1. The van der Waals surface area contributed by atoms with Crippen LogP contribution >= 0.6 is 11.3 Å². The molecule has 1 unspecified atom stereocenters. The zero-order valence-corrected chi connectivity index (χ0v) is 15.4. The third-order valence-electron chi connectivity index (χ3n) is 4.59. The average Bonchev–Trinajstić information content (AvgIpc) is 3.31. The summed E-state index contributed by atoms with van der Waals surface area (Å²) in [5, 5.41) is 12.7. The van der Waals surface area contributed by atoms with Crippen molar-refractivity contribution in [2.75, 3.05) is 0 Å². The Labute approximate surface area is 164 Å². The van der Waals surface area contributed by atoms with E-state index >= 15 is 0 Å². The predicted octanol–water partition coefficient (Wildman–Crippen LogP) is 3.90. The number of hydrogen-bond acceptors (Lipinski definition) is 5. The van der Waals surface area contributed by atoms with Crippen LogP contribution in [-0.4, -0.2) is 26.7 Å². The molecule has 28 heavy (non-hydrogen) atoms. The molecular formula is C21H15FN2O3S. The van der Waals surface area contributed by atoms with Crippen molar-refractivity contribution in [3.63, 3.8) is 0 Å². The molecule has 1 fully saturated rings. The van der Waals surface area contributed by atoms with Gasteiger partial charge in [-0.3, -0.25) is 14.6 Å².